The number of unbranched alkanes of at least 4 members (excludes halogenated alkanes) is 2. The van der Waals surface area contributed by atoms with Gasteiger partial charge in [-0.15, -0.1) is 0 Å². The third-order valence-electron chi connectivity index (χ3n) is 2.50. The molecule has 1 aromatic carbocycles. The summed E-state index contributed by atoms with van der Waals surface area (Å²) < 4.78 is 11.1. The van der Waals surface area contributed by atoms with Gasteiger partial charge in [-0.1, -0.05) is 30.3 Å². The predicted octanol–water partition coefficient (Wildman–Crippen LogP) is 1.39. The van der Waals surface area contributed by atoms with Crippen molar-refractivity contribution in [3.63, 3.8) is 0 Å². The number of benzene rings is 1. The quantitative estimate of drug-likeness (QED) is 0.567. The fourth-order valence-corrected chi connectivity index (χ4v) is 1.56. The summed E-state index contributed by atoms with van der Waals surface area (Å²) in [6.07, 6.45) is 6.79. The molecule has 4 nitrogen and oxygen atoms in total. The Bertz CT molecular complexity index is 316. The summed E-state index contributed by atoms with van der Waals surface area (Å²) in [7, 11) is 0. The standard InChI is InChI=1S/C16H22O4/c17-10-6-2-5-9-16(20-12-11-18)14-19-13-15-7-3-1-4-8-15/h1-9,16-18H,10-14H2/t16-/m1/s1. The van der Waals surface area contributed by atoms with Crippen LogP contribution in [0, 0.1) is 25.7 Å². The molecule has 20 heavy (non-hydrogen) atoms. The molecule has 0 saturated heterocycles. The molecule has 0 spiro atoms. The minimum absolute atomic E-state index is 0.0109. The number of aliphatic hydroxyl groups is 2. The molecule has 0 aromatic heterocycles. The molecule has 0 aliphatic heterocycles. The van der Waals surface area contributed by atoms with Crippen molar-refractivity contribution in [1.29, 1.82) is 0 Å². The van der Waals surface area contributed by atoms with E-state index in [1.165, 1.54) is 0 Å². The van der Waals surface area contributed by atoms with Crippen molar-refractivity contribution in [2.45, 2.75) is 12.7 Å². The zero-order valence-corrected chi connectivity index (χ0v) is 11.5. The average molecular weight is 278 g/mol. The molecule has 0 saturated carbocycles. The molecule has 0 unspecified atom stereocenters. The SMILES string of the molecule is OC[CH][CH][CH][CH][C@H](COCc1ccccc1)OCCO. The van der Waals surface area contributed by atoms with E-state index in [9.17, 15) is 0 Å². The molecule has 1 atom stereocenters. The summed E-state index contributed by atoms with van der Waals surface area (Å²) in [6.45, 7) is 1.21. The monoisotopic (exact) mass is 278 g/mol. The van der Waals surface area contributed by atoms with Gasteiger partial charge in [0.15, 0.2) is 0 Å². The van der Waals surface area contributed by atoms with Gasteiger partial charge in [0, 0.05) is 6.61 Å². The Morgan fingerprint density at radius 1 is 1.10 bits per heavy atom. The highest BCUT2D eigenvalue weighted by Gasteiger charge is 2.10. The minimum Gasteiger partial charge on any atom is -0.396 e. The second-order valence-electron chi connectivity index (χ2n) is 4.13. The Kier molecular flexibility index (Phi) is 10.1. The largest absolute Gasteiger partial charge is 0.396 e. The highest BCUT2D eigenvalue weighted by atomic mass is 16.5. The summed E-state index contributed by atoms with van der Waals surface area (Å²) in [5.74, 6) is 0. The first-order valence-electron chi connectivity index (χ1n) is 6.65. The molecule has 4 radical (unpaired) electrons. The van der Waals surface area contributed by atoms with E-state index in [1.54, 1.807) is 19.3 Å². The number of hydrogen-bond acceptors (Lipinski definition) is 4. The second-order valence-corrected chi connectivity index (χ2v) is 4.13. The molecular weight excluding hydrogens is 256 g/mol. The van der Waals surface area contributed by atoms with Crippen LogP contribution >= 0.6 is 0 Å². The molecule has 110 valence electrons. The zero-order chi connectivity index (χ0) is 14.5. The highest BCUT2D eigenvalue weighted by Crippen LogP contribution is 2.07. The van der Waals surface area contributed by atoms with Gasteiger partial charge in [0.25, 0.3) is 0 Å². The van der Waals surface area contributed by atoms with E-state index in [4.69, 9.17) is 19.7 Å². The topological polar surface area (TPSA) is 58.9 Å². The van der Waals surface area contributed by atoms with Gasteiger partial charge in [0.1, 0.15) is 0 Å². The van der Waals surface area contributed by atoms with Crippen LogP contribution in [0.4, 0.5) is 0 Å². The first-order chi connectivity index (χ1) is 9.86. The molecule has 0 bridgehead atoms. The number of ether oxygens (including phenoxy) is 2. The predicted molar refractivity (Wildman–Crippen MR) is 77.2 cm³/mol. The fourth-order valence-electron chi connectivity index (χ4n) is 1.56. The van der Waals surface area contributed by atoms with E-state index in [0.717, 1.165) is 5.56 Å². The maximum Gasteiger partial charge on any atom is 0.0844 e. The highest BCUT2D eigenvalue weighted by molar-refractivity contribution is 5.13. The summed E-state index contributed by atoms with van der Waals surface area (Å²) >= 11 is 0. The molecule has 1 rings (SSSR count). The fraction of sp³-hybridized carbons (Fsp3) is 0.375. The maximum absolute atomic E-state index is 8.79. The van der Waals surface area contributed by atoms with Crippen LogP contribution in [-0.2, 0) is 16.1 Å². The van der Waals surface area contributed by atoms with E-state index in [2.05, 4.69) is 0 Å². The van der Waals surface area contributed by atoms with Gasteiger partial charge in [0.2, 0.25) is 0 Å². The molecule has 0 fully saturated rings. The molecule has 0 heterocycles. The van der Waals surface area contributed by atoms with Gasteiger partial charge in [-0.25, -0.2) is 0 Å². The molecular formula is C16H22O4. The Morgan fingerprint density at radius 2 is 1.90 bits per heavy atom. The lowest BCUT2D eigenvalue weighted by Crippen LogP contribution is -2.22. The zero-order valence-electron chi connectivity index (χ0n) is 11.5. The van der Waals surface area contributed by atoms with E-state index in [0.29, 0.717) is 13.2 Å². The van der Waals surface area contributed by atoms with Crippen molar-refractivity contribution in [3.05, 3.63) is 61.6 Å². The third-order valence-corrected chi connectivity index (χ3v) is 2.50. The first-order valence-corrected chi connectivity index (χ1v) is 6.65. The van der Waals surface area contributed by atoms with E-state index in [1.807, 2.05) is 36.8 Å². The lowest BCUT2D eigenvalue weighted by molar-refractivity contribution is -0.0154. The van der Waals surface area contributed by atoms with Crippen molar-refractivity contribution < 1.29 is 19.7 Å². The Hall–Kier alpha value is -0.940. The van der Waals surface area contributed by atoms with Crippen LogP contribution < -0.4 is 0 Å². The van der Waals surface area contributed by atoms with Crippen molar-refractivity contribution >= 4 is 0 Å². The summed E-state index contributed by atoms with van der Waals surface area (Å²) in [5, 5.41) is 17.4. The summed E-state index contributed by atoms with van der Waals surface area (Å²) in [4.78, 5) is 0. The number of rotatable bonds is 12. The Labute approximate surface area is 121 Å². The number of hydrogen-bond donors (Lipinski definition) is 2. The minimum atomic E-state index is -0.214. The van der Waals surface area contributed by atoms with Gasteiger partial charge in [-0.3, -0.25) is 0 Å². The molecule has 0 aliphatic carbocycles. The Balaban J connectivity index is 2.21. The average Bonchev–Trinajstić information content (AvgIpc) is 2.49. The third kappa shape index (κ3) is 8.27. The van der Waals surface area contributed by atoms with Gasteiger partial charge < -0.3 is 19.7 Å². The van der Waals surface area contributed by atoms with Crippen LogP contribution in [-0.4, -0.2) is 42.7 Å². The maximum atomic E-state index is 8.79. The lowest BCUT2D eigenvalue weighted by Gasteiger charge is -2.17. The Morgan fingerprint density at radius 3 is 2.60 bits per heavy atom. The van der Waals surface area contributed by atoms with Crippen LogP contribution in [0.5, 0.6) is 0 Å². The first kappa shape index (κ1) is 17.1. The summed E-state index contributed by atoms with van der Waals surface area (Å²) in [5.41, 5.74) is 1.11. The van der Waals surface area contributed by atoms with Crippen LogP contribution in [0.3, 0.4) is 0 Å². The van der Waals surface area contributed by atoms with Crippen LogP contribution in [0.2, 0.25) is 0 Å². The van der Waals surface area contributed by atoms with E-state index < -0.39 is 0 Å². The van der Waals surface area contributed by atoms with Crippen LogP contribution in [0.25, 0.3) is 0 Å². The normalized spacial score (nSPS) is 12.5. The molecule has 0 aliphatic rings. The van der Waals surface area contributed by atoms with Gasteiger partial charge in [-0.05, 0) is 31.2 Å². The van der Waals surface area contributed by atoms with Gasteiger partial charge in [-0.2, -0.15) is 0 Å². The van der Waals surface area contributed by atoms with Crippen molar-refractivity contribution in [3.8, 4) is 0 Å². The van der Waals surface area contributed by atoms with Crippen LogP contribution in [0.1, 0.15) is 5.56 Å². The van der Waals surface area contributed by atoms with Gasteiger partial charge >= 0.3 is 0 Å². The lowest BCUT2D eigenvalue weighted by atomic mass is 10.1. The van der Waals surface area contributed by atoms with E-state index in [-0.39, 0.29) is 25.9 Å². The smallest absolute Gasteiger partial charge is 0.0844 e. The van der Waals surface area contributed by atoms with Crippen molar-refractivity contribution in [2.24, 2.45) is 0 Å². The van der Waals surface area contributed by atoms with Crippen LogP contribution in [0.15, 0.2) is 30.3 Å². The number of aliphatic hydroxyl groups excluding tert-OH is 2. The second kappa shape index (κ2) is 11.9. The van der Waals surface area contributed by atoms with Crippen molar-refractivity contribution in [2.75, 3.05) is 26.4 Å². The van der Waals surface area contributed by atoms with E-state index >= 15 is 0 Å². The molecule has 1 aromatic rings. The summed E-state index contributed by atoms with van der Waals surface area (Å²) in [6, 6.07) is 9.91. The molecule has 4 heteroatoms. The van der Waals surface area contributed by atoms with Gasteiger partial charge in [0.05, 0.1) is 32.5 Å². The van der Waals surface area contributed by atoms with Crippen molar-refractivity contribution in [1.82, 2.24) is 0 Å². The molecule has 0 amide bonds. The molecule has 2 N–H and O–H groups in total.